The second-order valence-electron chi connectivity index (χ2n) is 4.68. The van der Waals surface area contributed by atoms with Crippen LogP contribution in [0.4, 0.5) is 11.5 Å². The summed E-state index contributed by atoms with van der Waals surface area (Å²) in [6, 6.07) is 2.19. The summed E-state index contributed by atoms with van der Waals surface area (Å²) >= 11 is 0. The highest BCUT2D eigenvalue weighted by molar-refractivity contribution is 5.80. The summed E-state index contributed by atoms with van der Waals surface area (Å²) < 4.78 is 0. The summed E-state index contributed by atoms with van der Waals surface area (Å²) in [5.41, 5.74) is -0.274. The van der Waals surface area contributed by atoms with Gasteiger partial charge in [0.1, 0.15) is 29.7 Å². The highest BCUT2D eigenvalue weighted by atomic mass is 16.6. The minimum Gasteiger partial charge on any atom is -0.480 e. The molecule has 2 unspecified atom stereocenters. The molecule has 0 aliphatic carbocycles. The summed E-state index contributed by atoms with van der Waals surface area (Å²) in [6.07, 6.45) is 1.71. The normalized spacial score (nSPS) is 21.5. The van der Waals surface area contributed by atoms with Gasteiger partial charge in [-0.25, -0.2) is 9.78 Å². The fourth-order valence-electron chi connectivity index (χ4n) is 2.42. The van der Waals surface area contributed by atoms with Crippen LogP contribution in [0.5, 0.6) is 0 Å². The lowest BCUT2D eigenvalue weighted by atomic mass is 10.0. The molecular weight excluding hydrogens is 264 g/mol. The van der Waals surface area contributed by atoms with Crippen molar-refractivity contribution in [3.8, 4) is 6.07 Å². The van der Waals surface area contributed by atoms with E-state index in [0.717, 1.165) is 12.3 Å². The van der Waals surface area contributed by atoms with Crippen molar-refractivity contribution in [2.75, 3.05) is 11.4 Å². The quantitative estimate of drug-likeness (QED) is 0.649. The van der Waals surface area contributed by atoms with Crippen LogP contribution in [0.2, 0.25) is 0 Å². The van der Waals surface area contributed by atoms with E-state index in [1.165, 1.54) is 4.90 Å². The molecule has 1 saturated heterocycles. The smallest absolute Gasteiger partial charge is 0.326 e. The molecule has 104 valence electrons. The standard InChI is InChI=1S/C12H12N4O4/c1-7-2-3-15(10(7)12(17)18)11-8(5-13)4-9(6-14-11)16(19)20/h4,6-7,10H,2-3H2,1H3,(H,17,18). The third-order valence-corrected chi connectivity index (χ3v) is 3.41. The molecule has 0 bridgehead atoms. The van der Waals surface area contributed by atoms with Gasteiger partial charge in [-0.15, -0.1) is 0 Å². The monoisotopic (exact) mass is 276 g/mol. The van der Waals surface area contributed by atoms with Gasteiger partial charge in [0.2, 0.25) is 0 Å². The Balaban J connectivity index is 2.45. The molecular formula is C12H12N4O4. The molecule has 0 saturated carbocycles. The van der Waals surface area contributed by atoms with Crippen molar-refractivity contribution in [3.05, 3.63) is 27.9 Å². The molecule has 0 amide bonds. The van der Waals surface area contributed by atoms with E-state index in [1.807, 2.05) is 13.0 Å². The zero-order valence-corrected chi connectivity index (χ0v) is 10.7. The second-order valence-corrected chi connectivity index (χ2v) is 4.68. The Hall–Kier alpha value is -2.69. The van der Waals surface area contributed by atoms with Crippen LogP contribution in [0.25, 0.3) is 0 Å². The molecule has 2 heterocycles. The summed E-state index contributed by atoms with van der Waals surface area (Å²) in [4.78, 5) is 26.8. The summed E-state index contributed by atoms with van der Waals surface area (Å²) in [5.74, 6) is -0.870. The van der Waals surface area contributed by atoms with Gasteiger partial charge in [0.25, 0.3) is 5.69 Å². The number of carbonyl (C=O) groups is 1. The topological polar surface area (TPSA) is 120 Å². The first-order valence-electron chi connectivity index (χ1n) is 5.99. The van der Waals surface area contributed by atoms with Gasteiger partial charge in [-0.2, -0.15) is 5.26 Å². The number of anilines is 1. The van der Waals surface area contributed by atoms with Crippen molar-refractivity contribution in [2.45, 2.75) is 19.4 Å². The SMILES string of the molecule is CC1CCN(c2ncc([N+](=O)[O-])cc2C#N)C1C(=O)O. The van der Waals surface area contributed by atoms with Crippen molar-refractivity contribution in [1.29, 1.82) is 5.26 Å². The third kappa shape index (κ3) is 2.25. The number of carboxylic acid groups (broad SMARTS) is 1. The number of nitrogens with zero attached hydrogens (tertiary/aromatic N) is 4. The average molecular weight is 276 g/mol. The van der Waals surface area contributed by atoms with E-state index in [9.17, 15) is 20.0 Å². The highest BCUT2D eigenvalue weighted by Gasteiger charge is 2.38. The Bertz CT molecular complexity index is 610. The van der Waals surface area contributed by atoms with Crippen LogP contribution in [0.15, 0.2) is 12.3 Å². The lowest BCUT2D eigenvalue weighted by Gasteiger charge is -2.24. The van der Waals surface area contributed by atoms with E-state index in [4.69, 9.17) is 5.26 Å². The van der Waals surface area contributed by atoms with Gasteiger partial charge in [-0.1, -0.05) is 6.92 Å². The molecule has 1 fully saturated rings. The molecule has 0 aromatic carbocycles. The molecule has 8 nitrogen and oxygen atoms in total. The van der Waals surface area contributed by atoms with Gasteiger partial charge in [0, 0.05) is 12.6 Å². The molecule has 1 aliphatic rings. The van der Waals surface area contributed by atoms with Gasteiger partial charge in [0.05, 0.1) is 4.92 Å². The molecule has 8 heteroatoms. The number of hydrogen-bond acceptors (Lipinski definition) is 6. The van der Waals surface area contributed by atoms with Crippen LogP contribution >= 0.6 is 0 Å². The van der Waals surface area contributed by atoms with Gasteiger partial charge in [0.15, 0.2) is 0 Å². The Morgan fingerprint density at radius 1 is 1.70 bits per heavy atom. The number of nitriles is 1. The van der Waals surface area contributed by atoms with Crippen LogP contribution in [0.1, 0.15) is 18.9 Å². The maximum absolute atomic E-state index is 11.3. The predicted molar refractivity (Wildman–Crippen MR) is 68.2 cm³/mol. The van der Waals surface area contributed by atoms with E-state index in [-0.39, 0.29) is 23.0 Å². The van der Waals surface area contributed by atoms with Gasteiger partial charge < -0.3 is 10.0 Å². The average Bonchev–Trinajstić information content (AvgIpc) is 2.79. The first kappa shape index (κ1) is 13.7. The maximum Gasteiger partial charge on any atom is 0.326 e. The minimum atomic E-state index is -0.987. The van der Waals surface area contributed by atoms with Crippen LogP contribution in [-0.2, 0) is 4.79 Å². The fraction of sp³-hybridized carbons (Fsp3) is 0.417. The van der Waals surface area contributed by atoms with E-state index in [0.29, 0.717) is 13.0 Å². The van der Waals surface area contributed by atoms with Crippen molar-refractivity contribution in [1.82, 2.24) is 4.98 Å². The van der Waals surface area contributed by atoms with Crippen LogP contribution < -0.4 is 4.90 Å². The van der Waals surface area contributed by atoms with E-state index in [2.05, 4.69) is 4.98 Å². The number of carboxylic acids is 1. The molecule has 20 heavy (non-hydrogen) atoms. The summed E-state index contributed by atoms with van der Waals surface area (Å²) in [5, 5.41) is 29.0. The number of hydrogen-bond donors (Lipinski definition) is 1. The molecule has 1 aromatic heterocycles. The van der Waals surface area contributed by atoms with Gasteiger partial charge in [-0.3, -0.25) is 10.1 Å². The second kappa shape index (κ2) is 5.13. The number of nitro groups is 1. The van der Waals surface area contributed by atoms with Crippen molar-refractivity contribution >= 4 is 17.5 Å². The number of aliphatic carboxylic acids is 1. The Labute approximate surface area is 114 Å². The minimum absolute atomic E-state index is 0.0135. The molecule has 2 atom stereocenters. The summed E-state index contributed by atoms with van der Waals surface area (Å²) in [7, 11) is 0. The number of rotatable bonds is 3. The molecule has 1 aromatic rings. The summed E-state index contributed by atoms with van der Waals surface area (Å²) in [6.45, 7) is 2.27. The molecule has 1 N–H and O–H groups in total. The van der Waals surface area contributed by atoms with E-state index < -0.39 is 16.9 Å². The Morgan fingerprint density at radius 3 is 2.95 bits per heavy atom. The largest absolute Gasteiger partial charge is 0.480 e. The first-order chi connectivity index (χ1) is 9.45. The van der Waals surface area contributed by atoms with Gasteiger partial charge >= 0.3 is 5.97 Å². The maximum atomic E-state index is 11.3. The van der Waals surface area contributed by atoms with Gasteiger partial charge in [-0.05, 0) is 12.3 Å². The first-order valence-corrected chi connectivity index (χ1v) is 5.99. The molecule has 1 aliphatic heterocycles. The number of aromatic nitrogens is 1. The third-order valence-electron chi connectivity index (χ3n) is 3.41. The number of pyridine rings is 1. The van der Waals surface area contributed by atoms with Crippen LogP contribution in [0.3, 0.4) is 0 Å². The van der Waals surface area contributed by atoms with Crippen LogP contribution in [-0.4, -0.2) is 33.6 Å². The van der Waals surface area contributed by atoms with Crippen molar-refractivity contribution in [2.24, 2.45) is 5.92 Å². The lowest BCUT2D eigenvalue weighted by Crippen LogP contribution is -2.39. The zero-order valence-electron chi connectivity index (χ0n) is 10.7. The molecule has 0 radical (unpaired) electrons. The lowest BCUT2D eigenvalue weighted by molar-refractivity contribution is -0.385. The van der Waals surface area contributed by atoms with Crippen LogP contribution in [0, 0.1) is 27.4 Å². The Morgan fingerprint density at radius 2 is 2.40 bits per heavy atom. The van der Waals surface area contributed by atoms with Crippen molar-refractivity contribution in [3.63, 3.8) is 0 Å². The zero-order chi connectivity index (χ0) is 14.9. The predicted octanol–water partition coefficient (Wildman–Crippen LogP) is 1.16. The fourth-order valence-corrected chi connectivity index (χ4v) is 2.42. The highest BCUT2D eigenvalue weighted by Crippen LogP contribution is 2.31. The molecule has 2 rings (SSSR count). The van der Waals surface area contributed by atoms with Crippen molar-refractivity contribution < 1.29 is 14.8 Å². The Kier molecular flexibility index (Phi) is 3.52. The van der Waals surface area contributed by atoms with E-state index in [1.54, 1.807) is 0 Å². The molecule has 0 spiro atoms. The van der Waals surface area contributed by atoms with E-state index >= 15 is 0 Å².